The van der Waals surface area contributed by atoms with E-state index in [0.717, 1.165) is 44.4 Å². The number of rotatable bonds is 3. The summed E-state index contributed by atoms with van der Waals surface area (Å²) in [4.78, 5) is 13.6. The zero-order valence-electron chi connectivity index (χ0n) is 11.2. The molecule has 1 aliphatic rings. The van der Waals surface area contributed by atoms with E-state index in [2.05, 4.69) is 30.4 Å². The van der Waals surface area contributed by atoms with Gasteiger partial charge in [-0.2, -0.15) is 0 Å². The van der Waals surface area contributed by atoms with Gasteiger partial charge in [-0.1, -0.05) is 6.07 Å². The average Bonchev–Trinajstić information content (AvgIpc) is 2.86. The van der Waals surface area contributed by atoms with E-state index in [0.29, 0.717) is 0 Å². The van der Waals surface area contributed by atoms with Crippen molar-refractivity contribution in [2.75, 3.05) is 31.1 Å². The zero-order valence-corrected chi connectivity index (χ0v) is 11.2. The molecule has 2 aromatic heterocycles. The molecule has 0 unspecified atom stereocenters. The highest BCUT2D eigenvalue weighted by Crippen LogP contribution is 2.13. The number of pyridine rings is 1. The lowest BCUT2D eigenvalue weighted by molar-refractivity contribution is 0.241. The fourth-order valence-corrected chi connectivity index (χ4v) is 2.42. The van der Waals surface area contributed by atoms with Crippen LogP contribution in [0.1, 0.15) is 5.82 Å². The minimum atomic E-state index is 0.930. The summed E-state index contributed by atoms with van der Waals surface area (Å²) in [5, 5.41) is 0. The van der Waals surface area contributed by atoms with Gasteiger partial charge in [-0.25, -0.2) is 9.97 Å². The summed E-state index contributed by atoms with van der Waals surface area (Å²) < 4.78 is 2.09. The van der Waals surface area contributed by atoms with E-state index in [1.54, 1.807) is 0 Å². The fourth-order valence-electron chi connectivity index (χ4n) is 2.42. The third-order valence-corrected chi connectivity index (χ3v) is 3.63. The zero-order chi connectivity index (χ0) is 13.1. The lowest BCUT2D eigenvalue weighted by Gasteiger charge is -2.35. The van der Waals surface area contributed by atoms with Gasteiger partial charge in [0.25, 0.3) is 0 Å². The van der Waals surface area contributed by atoms with Crippen LogP contribution < -0.4 is 4.90 Å². The normalized spacial score (nSPS) is 16.8. The molecule has 0 saturated carbocycles. The molecule has 0 bridgehead atoms. The molecule has 0 aliphatic carbocycles. The van der Waals surface area contributed by atoms with E-state index in [1.165, 1.54) is 0 Å². The number of hydrogen-bond donors (Lipinski definition) is 0. The van der Waals surface area contributed by atoms with E-state index in [9.17, 15) is 0 Å². The molecule has 19 heavy (non-hydrogen) atoms. The van der Waals surface area contributed by atoms with Crippen LogP contribution in [0, 0.1) is 0 Å². The van der Waals surface area contributed by atoms with Crippen molar-refractivity contribution in [2.24, 2.45) is 7.05 Å². The molecule has 0 spiro atoms. The number of aromatic nitrogens is 3. The van der Waals surface area contributed by atoms with Crippen LogP contribution in [-0.2, 0) is 13.6 Å². The first-order chi connectivity index (χ1) is 9.33. The molecule has 3 rings (SSSR count). The molecule has 0 N–H and O–H groups in total. The van der Waals surface area contributed by atoms with Crippen LogP contribution in [0.4, 0.5) is 5.82 Å². The number of nitrogens with zero attached hydrogens (tertiary/aromatic N) is 5. The number of piperazine rings is 1. The molecule has 1 saturated heterocycles. The number of anilines is 1. The lowest BCUT2D eigenvalue weighted by atomic mass is 10.3. The van der Waals surface area contributed by atoms with Crippen molar-refractivity contribution < 1.29 is 0 Å². The van der Waals surface area contributed by atoms with Crippen molar-refractivity contribution in [3.63, 3.8) is 0 Å². The highest BCUT2D eigenvalue weighted by molar-refractivity contribution is 5.38. The summed E-state index contributed by atoms with van der Waals surface area (Å²) in [6.07, 6.45) is 5.72. The third kappa shape index (κ3) is 2.76. The highest BCUT2D eigenvalue weighted by atomic mass is 15.3. The molecule has 2 aromatic rings. The molecule has 5 nitrogen and oxygen atoms in total. The number of hydrogen-bond acceptors (Lipinski definition) is 4. The standard InChI is InChI=1S/C14H19N5/c1-17-7-6-16-14(17)12-18-8-10-19(11-9-18)13-4-2-3-5-15-13/h2-7H,8-12H2,1H3. The molecular weight excluding hydrogens is 238 g/mol. The predicted molar refractivity (Wildman–Crippen MR) is 74.9 cm³/mol. The Labute approximate surface area is 113 Å². The second kappa shape index (κ2) is 5.40. The van der Waals surface area contributed by atoms with Gasteiger partial charge in [0.1, 0.15) is 11.6 Å². The quantitative estimate of drug-likeness (QED) is 0.826. The van der Waals surface area contributed by atoms with Gasteiger partial charge < -0.3 is 9.47 Å². The van der Waals surface area contributed by atoms with Crippen molar-refractivity contribution in [1.29, 1.82) is 0 Å². The molecule has 1 fully saturated rings. The van der Waals surface area contributed by atoms with E-state index in [4.69, 9.17) is 0 Å². The minimum absolute atomic E-state index is 0.930. The van der Waals surface area contributed by atoms with Crippen molar-refractivity contribution in [3.8, 4) is 0 Å². The van der Waals surface area contributed by atoms with Crippen LogP contribution in [0.15, 0.2) is 36.8 Å². The van der Waals surface area contributed by atoms with Crippen LogP contribution >= 0.6 is 0 Å². The largest absolute Gasteiger partial charge is 0.354 e. The molecule has 1 aliphatic heterocycles. The second-order valence-corrected chi connectivity index (χ2v) is 4.91. The van der Waals surface area contributed by atoms with Crippen LogP contribution in [-0.4, -0.2) is 45.6 Å². The van der Waals surface area contributed by atoms with Crippen LogP contribution in [0.5, 0.6) is 0 Å². The van der Waals surface area contributed by atoms with Gasteiger partial charge in [0.15, 0.2) is 0 Å². The summed E-state index contributed by atoms with van der Waals surface area (Å²) >= 11 is 0. The van der Waals surface area contributed by atoms with Crippen molar-refractivity contribution in [1.82, 2.24) is 19.4 Å². The first-order valence-corrected chi connectivity index (χ1v) is 6.67. The van der Waals surface area contributed by atoms with Gasteiger partial charge in [0, 0.05) is 51.8 Å². The Balaban J connectivity index is 1.57. The minimum Gasteiger partial charge on any atom is -0.354 e. The molecule has 100 valence electrons. The summed E-state index contributed by atoms with van der Waals surface area (Å²) in [5.41, 5.74) is 0. The molecule has 3 heterocycles. The van der Waals surface area contributed by atoms with Crippen LogP contribution in [0.25, 0.3) is 0 Å². The smallest absolute Gasteiger partial charge is 0.128 e. The van der Waals surface area contributed by atoms with Gasteiger partial charge in [-0.3, -0.25) is 4.90 Å². The summed E-state index contributed by atoms with van der Waals surface area (Å²) in [5.74, 6) is 2.21. The van der Waals surface area contributed by atoms with Gasteiger partial charge in [0.2, 0.25) is 0 Å². The average molecular weight is 257 g/mol. The first-order valence-electron chi connectivity index (χ1n) is 6.67. The SMILES string of the molecule is Cn1ccnc1CN1CCN(c2ccccn2)CC1. The third-order valence-electron chi connectivity index (χ3n) is 3.63. The molecule has 0 radical (unpaired) electrons. The van der Waals surface area contributed by atoms with E-state index in [-0.39, 0.29) is 0 Å². The maximum atomic E-state index is 4.41. The van der Waals surface area contributed by atoms with Crippen molar-refractivity contribution in [2.45, 2.75) is 6.54 Å². The van der Waals surface area contributed by atoms with Crippen molar-refractivity contribution >= 4 is 5.82 Å². The second-order valence-electron chi connectivity index (χ2n) is 4.91. The maximum absolute atomic E-state index is 4.41. The van der Waals surface area contributed by atoms with Crippen LogP contribution in [0.2, 0.25) is 0 Å². The van der Waals surface area contributed by atoms with E-state index in [1.807, 2.05) is 37.8 Å². The fraction of sp³-hybridized carbons (Fsp3) is 0.429. The first kappa shape index (κ1) is 12.2. The van der Waals surface area contributed by atoms with Crippen molar-refractivity contribution in [3.05, 3.63) is 42.6 Å². The summed E-state index contributed by atoms with van der Waals surface area (Å²) in [6, 6.07) is 6.08. The summed E-state index contributed by atoms with van der Waals surface area (Å²) in [7, 11) is 2.05. The van der Waals surface area contributed by atoms with Gasteiger partial charge >= 0.3 is 0 Å². The molecular formula is C14H19N5. The summed E-state index contributed by atoms with van der Waals surface area (Å²) in [6.45, 7) is 5.11. The lowest BCUT2D eigenvalue weighted by Crippen LogP contribution is -2.46. The number of imidazole rings is 1. The molecule has 0 aromatic carbocycles. The molecule has 0 atom stereocenters. The van der Waals surface area contributed by atoms with Gasteiger partial charge in [-0.05, 0) is 12.1 Å². The number of aryl methyl sites for hydroxylation is 1. The highest BCUT2D eigenvalue weighted by Gasteiger charge is 2.18. The van der Waals surface area contributed by atoms with Crippen LogP contribution in [0.3, 0.4) is 0 Å². The van der Waals surface area contributed by atoms with Gasteiger partial charge in [-0.15, -0.1) is 0 Å². The Hall–Kier alpha value is -1.88. The van der Waals surface area contributed by atoms with E-state index < -0.39 is 0 Å². The predicted octanol–water partition coefficient (Wildman–Crippen LogP) is 1.14. The molecule has 0 amide bonds. The Morgan fingerprint density at radius 1 is 1.05 bits per heavy atom. The Morgan fingerprint density at radius 2 is 1.89 bits per heavy atom. The monoisotopic (exact) mass is 257 g/mol. The Kier molecular flexibility index (Phi) is 3.46. The van der Waals surface area contributed by atoms with E-state index >= 15 is 0 Å². The topological polar surface area (TPSA) is 37.2 Å². The maximum Gasteiger partial charge on any atom is 0.128 e. The van der Waals surface area contributed by atoms with Gasteiger partial charge in [0.05, 0.1) is 6.54 Å². The Morgan fingerprint density at radius 3 is 2.53 bits per heavy atom. The Bertz CT molecular complexity index is 514. The molecule has 5 heteroatoms.